The standard InChI is InChI=1S/C9H8FIO/c1-2-8(12)6-4-3-5-7(11)9(6)10/h2-5,8,12H,1H2. The zero-order valence-corrected chi connectivity index (χ0v) is 8.45. The van der Waals surface area contributed by atoms with Gasteiger partial charge in [-0.15, -0.1) is 6.58 Å². The molecule has 1 unspecified atom stereocenters. The highest BCUT2D eigenvalue weighted by Crippen LogP contribution is 2.21. The van der Waals surface area contributed by atoms with Crippen LogP contribution in [0.2, 0.25) is 0 Å². The van der Waals surface area contributed by atoms with E-state index in [1.54, 1.807) is 18.2 Å². The molecule has 0 saturated carbocycles. The Labute approximate surface area is 84.1 Å². The number of hydrogen-bond acceptors (Lipinski definition) is 1. The molecule has 0 aliphatic carbocycles. The van der Waals surface area contributed by atoms with E-state index < -0.39 is 6.10 Å². The fraction of sp³-hybridized carbons (Fsp3) is 0.111. The van der Waals surface area contributed by atoms with E-state index in [-0.39, 0.29) is 11.4 Å². The van der Waals surface area contributed by atoms with Gasteiger partial charge in [0.05, 0.1) is 6.10 Å². The number of halogens is 2. The number of aliphatic hydroxyl groups excluding tert-OH is 1. The summed E-state index contributed by atoms with van der Waals surface area (Å²) in [4.78, 5) is 0. The Morgan fingerprint density at radius 3 is 2.83 bits per heavy atom. The van der Waals surface area contributed by atoms with Crippen LogP contribution in [-0.4, -0.2) is 5.11 Å². The van der Waals surface area contributed by atoms with E-state index in [0.717, 1.165) is 0 Å². The summed E-state index contributed by atoms with van der Waals surface area (Å²) in [5.41, 5.74) is 0.275. The van der Waals surface area contributed by atoms with Gasteiger partial charge in [0.2, 0.25) is 0 Å². The second-order valence-corrected chi connectivity index (χ2v) is 3.49. The minimum absolute atomic E-state index is 0.275. The minimum Gasteiger partial charge on any atom is -0.384 e. The summed E-state index contributed by atoms with van der Waals surface area (Å²) in [5.74, 6) is -0.370. The lowest BCUT2D eigenvalue weighted by atomic mass is 10.1. The molecule has 64 valence electrons. The summed E-state index contributed by atoms with van der Waals surface area (Å²) in [7, 11) is 0. The first kappa shape index (κ1) is 9.67. The smallest absolute Gasteiger partial charge is 0.142 e. The molecule has 12 heavy (non-hydrogen) atoms. The molecule has 0 amide bonds. The zero-order valence-electron chi connectivity index (χ0n) is 6.30. The van der Waals surface area contributed by atoms with E-state index in [9.17, 15) is 9.50 Å². The van der Waals surface area contributed by atoms with Gasteiger partial charge >= 0.3 is 0 Å². The maximum Gasteiger partial charge on any atom is 0.142 e. The van der Waals surface area contributed by atoms with Crippen LogP contribution in [0.3, 0.4) is 0 Å². The Balaban J connectivity index is 3.15. The molecular weight excluding hydrogens is 270 g/mol. The molecular formula is C9H8FIO. The highest BCUT2D eigenvalue weighted by molar-refractivity contribution is 14.1. The third-order valence-corrected chi connectivity index (χ3v) is 2.36. The van der Waals surface area contributed by atoms with Crippen molar-refractivity contribution in [2.75, 3.05) is 0 Å². The van der Waals surface area contributed by atoms with Gasteiger partial charge in [-0.2, -0.15) is 0 Å². The predicted octanol–water partition coefficient (Wildman–Crippen LogP) is 2.65. The van der Waals surface area contributed by atoms with E-state index >= 15 is 0 Å². The number of benzene rings is 1. The van der Waals surface area contributed by atoms with Gasteiger partial charge < -0.3 is 5.11 Å². The molecule has 0 spiro atoms. The van der Waals surface area contributed by atoms with Gasteiger partial charge in [-0.25, -0.2) is 4.39 Å². The highest BCUT2D eigenvalue weighted by atomic mass is 127. The predicted molar refractivity (Wildman–Crippen MR) is 54.3 cm³/mol. The molecule has 1 aromatic rings. The quantitative estimate of drug-likeness (QED) is 0.651. The van der Waals surface area contributed by atoms with Crippen molar-refractivity contribution in [2.24, 2.45) is 0 Å². The molecule has 0 heterocycles. The number of aliphatic hydroxyl groups is 1. The van der Waals surface area contributed by atoms with E-state index in [4.69, 9.17) is 0 Å². The minimum atomic E-state index is -0.917. The van der Waals surface area contributed by atoms with E-state index in [0.29, 0.717) is 3.57 Å². The molecule has 0 bridgehead atoms. The van der Waals surface area contributed by atoms with Gasteiger partial charge in [-0.1, -0.05) is 18.2 Å². The first-order chi connectivity index (χ1) is 5.66. The van der Waals surface area contributed by atoms with Crippen molar-refractivity contribution in [1.82, 2.24) is 0 Å². The number of hydrogen-bond donors (Lipinski definition) is 1. The van der Waals surface area contributed by atoms with E-state index in [1.807, 2.05) is 22.6 Å². The van der Waals surface area contributed by atoms with Gasteiger partial charge in [0, 0.05) is 9.13 Å². The molecule has 0 fully saturated rings. The van der Waals surface area contributed by atoms with Crippen LogP contribution in [0.1, 0.15) is 11.7 Å². The van der Waals surface area contributed by atoms with Crippen molar-refractivity contribution in [3.8, 4) is 0 Å². The second kappa shape index (κ2) is 4.00. The Morgan fingerprint density at radius 2 is 2.25 bits per heavy atom. The van der Waals surface area contributed by atoms with Gasteiger partial charge in [-0.05, 0) is 28.7 Å². The lowest BCUT2D eigenvalue weighted by Gasteiger charge is -2.07. The molecule has 0 aliphatic heterocycles. The first-order valence-corrected chi connectivity index (χ1v) is 4.49. The fourth-order valence-electron chi connectivity index (χ4n) is 0.876. The lowest BCUT2D eigenvalue weighted by Crippen LogP contribution is -1.98. The van der Waals surface area contributed by atoms with Crippen molar-refractivity contribution in [2.45, 2.75) is 6.10 Å². The molecule has 0 aliphatic rings. The van der Waals surface area contributed by atoms with Gasteiger partial charge in [-0.3, -0.25) is 0 Å². The maximum atomic E-state index is 13.2. The fourth-order valence-corrected chi connectivity index (χ4v) is 1.39. The van der Waals surface area contributed by atoms with Gasteiger partial charge in [0.15, 0.2) is 0 Å². The Hall–Kier alpha value is -0.420. The average Bonchev–Trinajstić information content (AvgIpc) is 2.08. The van der Waals surface area contributed by atoms with Crippen LogP contribution < -0.4 is 0 Å². The van der Waals surface area contributed by atoms with Crippen LogP contribution in [0.15, 0.2) is 30.9 Å². The summed E-state index contributed by atoms with van der Waals surface area (Å²) in [6, 6.07) is 4.89. The van der Waals surface area contributed by atoms with E-state index in [2.05, 4.69) is 6.58 Å². The van der Waals surface area contributed by atoms with Crippen molar-refractivity contribution in [1.29, 1.82) is 0 Å². The Bertz CT molecular complexity index is 299. The normalized spacial score (nSPS) is 12.6. The van der Waals surface area contributed by atoms with Crippen molar-refractivity contribution in [3.63, 3.8) is 0 Å². The van der Waals surface area contributed by atoms with Crippen LogP contribution in [-0.2, 0) is 0 Å². The Morgan fingerprint density at radius 1 is 1.58 bits per heavy atom. The van der Waals surface area contributed by atoms with Crippen molar-refractivity contribution < 1.29 is 9.50 Å². The maximum absolute atomic E-state index is 13.2. The average molecular weight is 278 g/mol. The van der Waals surface area contributed by atoms with Crippen LogP contribution in [0.4, 0.5) is 4.39 Å². The molecule has 0 saturated heterocycles. The summed E-state index contributed by atoms with van der Waals surface area (Å²) >= 11 is 1.88. The largest absolute Gasteiger partial charge is 0.384 e. The summed E-state index contributed by atoms with van der Waals surface area (Å²) in [6.07, 6.45) is 0.383. The first-order valence-electron chi connectivity index (χ1n) is 3.41. The molecule has 3 heteroatoms. The third kappa shape index (κ3) is 1.84. The van der Waals surface area contributed by atoms with Gasteiger partial charge in [0.25, 0.3) is 0 Å². The third-order valence-electron chi connectivity index (χ3n) is 1.52. The monoisotopic (exact) mass is 278 g/mol. The molecule has 1 N–H and O–H groups in total. The topological polar surface area (TPSA) is 20.2 Å². The SMILES string of the molecule is C=CC(O)c1cccc(I)c1F. The molecule has 1 atom stereocenters. The van der Waals surface area contributed by atoms with Crippen LogP contribution in [0.25, 0.3) is 0 Å². The molecule has 1 rings (SSSR count). The summed E-state index contributed by atoms with van der Waals surface area (Å²) < 4.78 is 13.7. The van der Waals surface area contributed by atoms with Gasteiger partial charge in [0.1, 0.15) is 5.82 Å². The molecule has 0 radical (unpaired) electrons. The van der Waals surface area contributed by atoms with Crippen LogP contribution >= 0.6 is 22.6 Å². The number of rotatable bonds is 2. The van der Waals surface area contributed by atoms with Crippen LogP contribution in [0.5, 0.6) is 0 Å². The molecule has 1 aromatic carbocycles. The van der Waals surface area contributed by atoms with Crippen molar-refractivity contribution >= 4 is 22.6 Å². The summed E-state index contributed by atoms with van der Waals surface area (Å²) in [5, 5.41) is 9.27. The van der Waals surface area contributed by atoms with Crippen molar-refractivity contribution in [3.05, 3.63) is 45.8 Å². The second-order valence-electron chi connectivity index (χ2n) is 2.32. The lowest BCUT2D eigenvalue weighted by molar-refractivity contribution is 0.223. The molecule has 0 aromatic heterocycles. The Kier molecular flexibility index (Phi) is 3.22. The molecule has 1 nitrogen and oxygen atoms in total. The van der Waals surface area contributed by atoms with E-state index in [1.165, 1.54) is 6.08 Å². The van der Waals surface area contributed by atoms with Crippen LogP contribution in [0, 0.1) is 9.39 Å². The summed E-state index contributed by atoms with van der Waals surface area (Å²) in [6.45, 7) is 3.39. The zero-order chi connectivity index (χ0) is 9.14. The highest BCUT2D eigenvalue weighted by Gasteiger charge is 2.10.